The predicted molar refractivity (Wildman–Crippen MR) is 80.6 cm³/mol. The molecule has 1 aromatic rings. The van der Waals surface area contributed by atoms with Crippen LogP contribution in [0.5, 0.6) is 5.75 Å². The molecule has 1 rings (SSSR count). The number of benzene rings is 1. The first-order valence-electron chi connectivity index (χ1n) is 6.85. The first kappa shape index (κ1) is 15.6. The number of nitrogens with two attached hydrogens (primary N) is 1. The second kappa shape index (κ2) is 7.24. The van der Waals surface area contributed by atoms with Crippen LogP contribution in [0.4, 0.5) is 11.4 Å². The number of nitrogens with one attached hydrogen (secondary N) is 1. The van der Waals surface area contributed by atoms with Gasteiger partial charge in [0.1, 0.15) is 5.75 Å². The summed E-state index contributed by atoms with van der Waals surface area (Å²) in [6.07, 6.45) is 1.81. The van der Waals surface area contributed by atoms with Crippen LogP contribution in [0.3, 0.4) is 0 Å². The molecule has 0 atom stereocenters. The minimum Gasteiger partial charge on any atom is -0.494 e. The van der Waals surface area contributed by atoms with Gasteiger partial charge in [0.15, 0.2) is 0 Å². The Morgan fingerprint density at radius 3 is 2.68 bits per heavy atom. The van der Waals surface area contributed by atoms with E-state index in [-0.39, 0.29) is 12.0 Å². The van der Waals surface area contributed by atoms with Gasteiger partial charge in [0.25, 0.3) is 0 Å². The highest BCUT2D eigenvalue weighted by molar-refractivity contribution is 5.59. The summed E-state index contributed by atoms with van der Waals surface area (Å²) >= 11 is 0. The highest BCUT2D eigenvalue weighted by atomic mass is 16.5. The third-order valence-electron chi connectivity index (χ3n) is 3.02. The van der Waals surface area contributed by atoms with Crippen LogP contribution >= 0.6 is 0 Å². The fourth-order valence-electron chi connectivity index (χ4n) is 1.96. The van der Waals surface area contributed by atoms with Crippen molar-refractivity contribution in [2.75, 3.05) is 30.8 Å². The minimum absolute atomic E-state index is 0.138. The summed E-state index contributed by atoms with van der Waals surface area (Å²) in [5.74, 6) is 0.790. The normalized spacial score (nSPS) is 11.4. The molecule has 0 fully saturated rings. The SMILES string of the molecule is CCOc1cc(N)cc(NCC(C)(C)CCCO)c1. The number of anilines is 2. The molecule has 0 aromatic heterocycles. The lowest BCUT2D eigenvalue weighted by Gasteiger charge is -2.25. The van der Waals surface area contributed by atoms with E-state index in [0.29, 0.717) is 12.3 Å². The zero-order valence-electron chi connectivity index (χ0n) is 12.2. The van der Waals surface area contributed by atoms with E-state index in [2.05, 4.69) is 19.2 Å². The van der Waals surface area contributed by atoms with Gasteiger partial charge in [0, 0.05) is 36.7 Å². The number of nitrogen functional groups attached to an aromatic ring is 1. The van der Waals surface area contributed by atoms with Crippen LogP contribution in [0, 0.1) is 5.41 Å². The third kappa shape index (κ3) is 5.83. The molecule has 108 valence electrons. The van der Waals surface area contributed by atoms with Crippen molar-refractivity contribution in [3.05, 3.63) is 18.2 Å². The van der Waals surface area contributed by atoms with Crippen molar-refractivity contribution in [2.24, 2.45) is 5.41 Å². The number of ether oxygens (including phenoxy) is 1. The Kier molecular flexibility index (Phi) is 5.96. The van der Waals surface area contributed by atoms with Gasteiger partial charge in [-0.3, -0.25) is 0 Å². The van der Waals surface area contributed by atoms with E-state index < -0.39 is 0 Å². The molecule has 4 N–H and O–H groups in total. The summed E-state index contributed by atoms with van der Waals surface area (Å²) in [5, 5.41) is 12.3. The molecule has 0 unspecified atom stereocenters. The molecule has 4 nitrogen and oxygen atoms in total. The van der Waals surface area contributed by atoms with Crippen LogP contribution in [0.1, 0.15) is 33.6 Å². The van der Waals surface area contributed by atoms with Gasteiger partial charge in [0.2, 0.25) is 0 Å². The Morgan fingerprint density at radius 2 is 2.05 bits per heavy atom. The Hall–Kier alpha value is -1.42. The van der Waals surface area contributed by atoms with E-state index in [4.69, 9.17) is 15.6 Å². The summed E-state index contributed by atoms with van der Waals surface area (Å²) in [4.78, 5) is 0. The molecule has 0 aliphatic carbocycles. The van der Waals surface area contributed by atoms with Crippen LogP contribution in [-0.2, 0) is 0 Å². The van der Waals surface area contributed by atoms with Crippen LogP contribution < -0.4 is 15.8 Å². The van der Waals surface area contributed by atoms with Crippen molar-refractivity contribution < 1.29 is 9.84 Å². The first-order chi connectivity index (χ1) is 8.96. The summed E-state index contributed by atoms with van der Waals surface area (Å²) < 4.78 is 5.47. The standard InChI is InChI=1S/C15H26N2O2/c1-4-19-14-9-12(16)8-13(10-14)17-11-15(2,3)6-5-7-18/h8-10,17-18H,4-7,11,16H2,1-3H3. The maximum atomic E-state index is 8.89. The smallest absolute Gasteiger partial charge is 0.123 e. The molecule has 19 heavy (non-hydrogen) atoms. The molecule has 0 saturated carbocycles. The van der Waals surface area contributed by atoms with E-state index in [1.165, 1.54) is 0 Å². The second-order valence-electron chi connectivity index (χ2n) is 5.57. The molecule has 0 amide bonds. The largest absolute Gasteiger partial charge is 0.494 e. The Bertz CT molecular complexity index is 392. The zero-order valence-corrected chi connectivity index (χ0v) is 12.2. The molecule has 0 aliphatic rings. The number of hydrogen-bond donors (Lipinski definition) is 3. The lowest BCUT2D eigenvalue weighted by atomic mass is 9.88. The van der Waals surface area contributed by atoms with E-state index in [1.54, 1.807) is 0 Å². The highest BCUT2D eigenvalue weighted by Crippen LogP contribution is 2.26. The summed E-state index contributed by atoms with van der Waals surface area (Å²) in [5.41, 5.74) is 7.66. The molecule has 0 radical (unpaired) electrons. The fraction of sp³-hybridized carbons (Fsp3) is 0.600. The Morgan fingerprint density at radius 1 is 1.32 bits per heavy atom. The Labute approximate surface area is 116 Å². The topological polar surface area (TPSA) is 67.5 Å². The number of aliphatic hydroxyl groups is 1. The average Bonchev–Trinajstić information content (AvgIpc) is 2.34. The molecule has 0 spiro atoms. The molecular formula is C15H26N2O2. The van der Waals surface area contributed by atoms with E-state index in [9.17, 15) is 0 Å². The van der Waals surface area contributed by atoms with E-state index in [1.807, 2.05) is 25.1 Å². The van der Waals surface area contributed by atoms with Gasteiger partial charge in [-0.1, -0.05) is 13.8 Å². The van der Waals surface area contributed by atoms with Crippen molar-refractivity contribution in [3.63, 3.8) is 0 Å². The molecular weight excluding hydrogens is 240 g/mol. The first-order valence-corrected chi connectivity index (χ1v) is 6.85. The van der Waals surface area contributed by atoms with Crippen molar-refractivity contribution in [2.45, 2.75) is 33.6 Å². The fourth-order valence-corrected chi connectivity index (χ4v) is 1.96. The van der Waals surface area contributed by atoms with Gasteiger partial charge in [0.05, 0.1) is 6.61 Å². The van der Waals surface area contributed by atoms with Crippen LogP contribution in [0.15, 0.2) is 18.2 Å². The van der Waals surface area contributed by atoms with Gasteiger partial charge in [-0.2, -0.15) is 0 Å². The zero-order chi connectivity index (χ0) is 14.3. The second-order valence-corrected chi connectivity index (χ2v) is 5.57. The van der Waals surface area contributed by atoms with Gasteiger partial charge < -0.3 is 20.9 Å². The molecule has 1 aromatic carbocycles. The summed E-state index contributed by atoms with van der Waals surface area (Å²) in [6.45, 7) is 8.04. The molecule has 4 heteroatoms. The van der Waals surface area contributed by atoms with Gasteiger partial charge in [-0.05, 0) is 31.2 Å². The van der Waals surface area contributed by atoms with Gasteiger partial charge in [-0.15, -0.1) is 0 Å². The maximum Gasteiger partial charge on any atom is 0.123 e. The minimum atomic E-state index is 0.138. The van der Waals surface area contributed by atoms with Crippen molar-refractivity contribution in [1.29, 1.82) is 0 Å². The molecule has 0 saturated heterocycles. The third-order valence-corrected chi connectivity index (χ3v) is 3.02. The monoisotopic (exact) mass is 266 g/mol. The Balaban J connectivity index is 2.61. The lowest BCUT2D eigenvalue weighted by Crippen LogP contribution is -2.23. The molecule has 0 aliphatic heterocycles. The van der Waals surface area contributed by atoms with Crippen molar-refractivity contribution >= 4 is 11.4 Å². The quantitative estimate of drug-likeness (QED) is 0.633. The van der Waals surface area contributed by atoms with Gasteiger partial charge in [-0.25, -0.2) is 0 Å². The van der Waals surface area contributed by atoms with Crippen molar-refractivity contribution in [3.8, 4) is 5.75 Å². The maximum absolute atomic E-state index is 8.89. The summed E-state index contributed by atoms with van der Waals surface area (Å²) in [6, 6.07) is 5.69. The molecule has 0 heterocycles. The predicted octanol–water partition coefficient (Wildman–Crippen LogP) is 2.88. The van der Waals surface area contributed by atoms with E-state index in [0.717, 1.165) is 30.8 Å². The van der Waals surface area contributed by atoms with Gasteiger partial charge >= 0.3 is 0 Å². The van der Waals surface area contributed by atoms with Crippen LogP contribution in [0.25, 0.3) is 0 Å². The van der Waals surface area contributed by atoms with Crippen LogP contribution in [0.2, 0.25) is 0 Å². The molecule has 0 bridgehead atoms. The van der Waals surface area contributed by atoms with Crippen molar-refractivity contribution in [1.82, 2.24) is 0 Å². The lowest BCUT2D eigenvalue weighted by molar-refractivity contribution is 0.248. The highest BCUT2D eigenvalue weighted by Gasteiger charge is 2.17. The average molecular weight is 266 g/mol. The summed E-state index contributed by atoms with van der Waals surface area (Å²) in [7, 11) is 0. The number of aliphatic hydroxyl groups excluding tert-OH is 1. The number of hydrogen-bond acceptors (Lipinski definition) is 4. The number of rotatable bonds is 8. The van der Waals surface area contributed by atoms with E-state index >= 15 is 0 Å². The van der Waals surface area contributed by atoms with Crippen LogP contribution in [-0.4, -0.2) is 24.9 Å².